The minimum absolute atomic E-state index is 0.675. The Morgan fingerprint density at radius 2 is 2.43 bits per heavy atom. The summed E-state index contributed by atoms with van der Waals surface area (Å²) >= 11 is 0. The minimum atomic E-state index is 0.675. The Morgan fingerprint density at radius 3 is 2.71 bits per heavy atom. The molecule has 0 fully saturated rings. The van der Waals surface area contributed by atoms with Crippen LogP contribution in [0.3, 0.4) is 0 Å². The van der Waals surface area contributed by atoms with Crippen LogP contribution in [0.4, 0.5) is 0 Å². The Kier molecular flexibility index (Phi) is 1.36. The first kappa shape index (κ1) is 4.71. The highest BCUT2D eigenvalue weighted by atomic mass is 14.0. The van der Waals surface area contributed by atoms with Crippen LogP contribution in [-0.2, 0) is 0 Å². The van der Waals surface area contributed by atoms with Crippen LogP contribution in [0.25, 0.3) is 0 Å². The molecule has 0 radical (unpaired) electrons. The van der Waals surface area contributed by atoms with Gasteiger partial charge in [0, 0.05) is 12.3 Å². The first-order chi connectivity index (χ1) is 3.39. The fourth-order valence-electron chi connectivity index (χ4n) is 0.815. The van der Waals surface area contributed by atoms with Gasteiger partial charge < -0.3 is 0 Å². The molecule has 1 aliphatic rings. The van der Waals surface area contributed by atoms with Crippen molar-refractivity contribution in [1.29, 1.82) is 0 Å². The molecular formula is C7H10. The maximum Gasteiger partial charge on any atom is 0.0174 e. The first-order valence-electron chi connectivity index (χ1n) is 2.88. The van der Waals surface area contributed by atoms with Crippen LogP contribution in [0.15, 0.2) is 0 Å². The third-order valence-electron chi connectivity index (χ3n) is 1.29. The molecule has 0 saturated heterocycles. The predicted molar refractivity (Wildman–Crippen MR) is 30.8 cm³/mol. The molecule has 7 heavy (non-hydrogen) atoms. The van der Waals surface area contributed by atoms with Gasteiger partial charge in [0.25, 0.3) is 0 Å². The summed E-state index contributed by atoms with van der Waals surface area (Å²) in [5.74, 6) is 6.89. The highest BCUT2D eigenvalue weighted by Crippen LogP contribution is 2.09. The van der Waals surface area contributed by atoms with Gasteiger partial charge in [-0.05, 0) is 12.8 Å². The van der Waals surface area contributed by atoms with Crippen LogP contribution in [0.5, 0.6) is 0 Å². The lowest BCUT2D eigenvalue weighted by molar-refractivity contribution is 0.616. The fourth-order valence-corrected chi connectivity index (χ4v) is 0.815. The van der Waals surface area contributed by atoms with E-state index < -0.39 is 0 Å². The Labute approximate surface area is 44.9 Å². The molecule has 1 atom stereocenters. The van der Waals surface area contributed by atoms with Gasteiger partial charge in [0.05, 0.1) is 0 Å². The summed E-state index contributed by atoms with van der Waals surface area (Å²) in [4.78, 5) is 0. The van der Waals surface area contributed by atoms with Crippen molar-refractivity contribution in [3.05, 3.63) is 0 Å². The highest BCUT2D eigenvalue weighted by Gasteiger charge is 1.98. The third-order valence-corrected chi connectivity index (χ3v) is 1.29. The lowest BCUT2D eigenvalue weighted by Gasteiger charge is -2.04. The predicted octanol–water partition coefficient (Wildman–Crippen LogP) is 1.81. The van der Waals surface area contributed by atoms with E-state index in [1.807, 2.05) is 0 Å². The number of hydrogen-bond donors (Lipinski definition) is 0. The standard InChI is InChI=1S/C7H10/c1-7-5-3-2-4-6-7/h7H,2-3,5H2,1H3. The van der Waals surface area contributed by atoms with Crippen LogP contribution in [-0.4, -0.2) is 0 Å². The molecule has 0 aromatic rings. The quantitative estimate of drug-likeness (QED) is 0.401. The molecule has 0 saturated carbocycles. The summed E-state index contributed by atoms with van der Waals surface area (Å²) in [5.41, 5.74) is 0. The molecular weight excluding hydrogens is 84.1 g/mol. The van der Waals surface area contributed by atoms with Gasteiger partial charge in [0.1, 0.15) is 0 Å². The normalized spacial score (nSPS) is 28.4. The summed E-state index contributed by atoms with van der Waals surface area (Å²) < 4.78 is 0. The fraction of sp³-hybridized carbons (Fsp3) is 0.714. The molecule has 0 nitrogen and oxygen atoms in total. The zero-order chi connectivity index (χ0) is 5.11. The molecule has 0 bridgehead atoms. The molecule has 1 rings (SSSR count). The first-order valence-corrected chi connectivity index (χ1v) is 2.88. The molecule has 0 aliphatic heterocycles. The smallest absolute Gasteiger partial charge is 0.0174 e. The van der Waals surface area contributed by atoms with E-state index in [-0.39, 0.29) is 0 Å². The maximum atomic E-state index is 3.13. The summed E-state index contributed by atoms with van der Waals surface area (Å²) in [6.45, 7) is 2.19. The van der Waals surface area contributed by atoms with Crippen molar-refractivity contribution >= 4 is 0 Å². The molecule has 0 heterocycles. The Morgan fingerprint density at radius 1 is 1.57 bits per heavy atom. The molecule has 0 aromatic carbocycles. The van der Waals surface area contributed by atoms with E-state index in [4.69, 9.17) is 0 Å². The monoisotopic (exact) mass is 94.1 g/mol. The Bertz CT molecular complexity index is 103. The molecule has 1 unspecified atom stereocenters. The van der Waals surface area contributed by atoms with Crippen LogP contribution in [0.2, 0.25) is 0 Å². The van der Waals surface area contributed by atoms with Gasteiger partial charge in [-0.2, -0.15) is 0 Å². The van der Waals surface area contributed by atoms with Crippen molar-refractivity contribution in [2.75, 3.05) is 0 Å². The lowest BCUT2D eigenvalue weighted by Crippen LogP contribution is -1.93. The molecule has 1 aliphatic carbocycles. The van der Waals surface area contributed by atoms with E-state index >= 15 is 0 Å². The van der Waals surface area contributed by atoms with E-state index in [9.17, 15) is 0 Å². The minimum Gasteiger partial charge on any atom is -0.103 e. The molecule has 0 aromatic heterocycles. The molecule has 38 valence electrons. The topological polar surface area (TPSA) is 0 Å². The van der Waals surface area contributed by atoms with Crippen LogP contribution in [0, 0.1) is 17.8 Å². The second-order valence-corrected chi connectivity index (χ2v) is 2.11. The van der Waals surface area contributed by atoms with Crippen LogP contribution in [0.1, 0.15) is 26.2 Å². The van der Waals surface area contributed by atoms with Gasteiger partial charge in [-0.1, -0.05) is 6.92 Å². The van der Waals surface area contributed by atoms with E-state index in [2.05, 4.69) is 18.8 Å². The van der Waals surface area contributed by atoms with Gasteiger partial charge in [-0.15, -0.1) is 11.8 Å². The van der Waals surface area contributed by atoms with Crippen molar-refractivity contribution in [2.45, 2.75) is 26.2 Å². The van der Waals surface area contributed by atoms with Gasteiger partial charge in [0.15, 0.2) is 0 Å². The average molecular weight is 94.2 g/mol. The zero-order valence-electron chi connectivity index (χ0n) is 4.70. The Hall–Kier alpha value is -0.440. The molecule has 0 spiro atoms. The van der Waals surface area contributed by atoms with Crippen LogP contribution < -0.4 is 0 Å². The third kappa shape index (κ3) is 1.23. The highest BCUT2D eigenvalue weighted by molar-refractivity contribution is 5.05. The summed E-state index contributed by atoms with van der Waals surface area (Å²) in [6.07, 6.45) is 3.76. The van der Waals surface area contributed by atoms with Crippen molar-refractivity contribution in [3.8, 4) is 11.8 Å². The maximum absolute atomic E-state index is 3.13. The van der Waals surface area contributed by atoms with Gasteiger partial charge in [-0.25, -0.2) is 0 Å². The average Bonchev–Trinajstić information content (AvgIpc) is 1.69. The van der Waals surface area contributed by atoms with Crippen molar-refractivity contribution < 1.29 is 0 Å². The van der Waals surface area contributed by atoms with Gasteiger partial charge in [-0.3, -0.25) is 0 Å². The largest absolute Gasteiger partial charge is 0.103 e. The summed E-state index contributed by atoms with van der Waals surface area (Å²) in [6, 6.07) is 0. The SMILES string of the molecule is CC1C#CCCC1. The number of hydrogen-bond acceptors (Lipinski definition) is 0. The van der Waals surface area contributed by atoms with Crippen molar-refractivity contribution in [1.82, 2.24) is 0 Å². The van der Waals surface area contributed by atoms with Gasteiger partial charge in [0.2, 0.25) is 0 Å². The second-order valence-electron chi connectivity index (χ2n) is 2.11. The van der Waals surface area contributed by atoms with E-state index in [0.717, 1.165) is 6.42 Å². The van der Waals surface area contributed by atoms with Crippen molar-refractivity contribution in [2.24, 2.45) is 5.92 Å². The second kappa shape index (κ2) is 2.02. The van der Waals surface area contributed by atoms with Crippen molar-refractivity contribution in [3.63, 3.8) is 0 Å². The van der Waals surface area contributed by atoms with E-state index in [0.29, 0.717) is 5.92 Å². The van der Waals surface area contributed by atoms with E-state index in [1.165, 1.54) is 12.8 Å². The molecule has 0 heteroatoms. The Balaban J connectivity index is 2.45. The van der Waals surface area contributed by atoms with Crippen LogP contribution >= 0.6 is 0 Å². The summed E-state index contributed by atoms with van der Waals surface area (Å²) in [5, 5.41) is 0. The molecule has 0 amide bonds. The molecule has 0 N–H and O–H groups in total. The summed E-state index contributed by atoms with van der Waals surface area (Å²) in [7, 11) is 0. The van der Waals surface area contributed by atoms with E-state index in [1.54, 1.807) is 0 Å². The van der Waals surface area contributed by atoms with Gasteiger partial charge >= 0.3 is 0 Å². The number of rotatable bonds is 0. The lowest BCUT2D eigenvalue weighted by atomic mass is 10.0. The zero-order valence-corrected chi connectivity index (χ0v) is 4.70.